The summed E-state index contributed by atoms with van der Waals surface area (Å²) in [6.07, 6.45) is 0.995. The molecule has 1 saturated heterocycles. The maximum absolute atomic E-state index is 13.1. The van der Waals surface area contributed by atoms with Gasteiger partial charge in [-0.2, -0.15) is 4.31 Å². The van der Waals surface area contributed by atoms with Crippen molar-refractivity contribution in [3.05, 3.63) is 59.2 Å². The quantitative estimate of drug-likeness (QED) is 0.781. The Morgan fingerprint density at radius 1 is 1.00 bits per heavy atom. The van der Waals surface area contributed by atoms with E-state index < -0.39 is 10.0 Å². The number of fused-ring (bicyclic) bond motifs is 1. The van der Waals surface area contributed by atoms with E-state index in [-0.39, 0.29) is 12.4 Å². The molecule has 27 heavy (non-hydrogen) atoms. The second kappa shape index (κ2) is 8.19. The number of halogens is 1. The molecule has 0 bridgehead atoms. The van der Waals surface area contributed by atoms with Crippen LogP contribution in [0.15, 0.2) is 47.4 Å². The fourth-order valence-electron chi connectivity index (χ4n) is 3.75. The second-order valence-electron chi connectivity index (χ2n) is 6.96. The van der Waals surface area contributed by atoms with Gasteiger partial charge in [-0.1, -0.05) is 24.3 Å². The number of benzene rings is 2. The maximum Gasteiger partial charge on any atom is 0.243 e. The Bertz CT molecular complexity index is 909. The standard InChI is InChI=1S/C20H24N2O3S.ClH/c1-16-5-2-7-18(13-16)26(23,24)22-14-17-6-3-8-20(19(17)15-22)21-9-4-11-25-12-10-21;/h2-3,5-8,13H,4,9-12,14-15H2,1H3;1H. The molecule has 0 spiro atoms. The van der Waals surface area contributed by atoms with E-state index in [1.54, 1.807) is 22.5 Å². The lowest BCUT2D eigenvalue weighted by atomic mass is 10.1. The Morgan fingerprint density at radius 3 is 2.63 bits per heavy atom. The van der Waals surface area contributed by atoms with Crippen LogP contribution in [0.25, 0.3) is 0 Å². The number of nitrogens with zero attached hydrogens (tertiary/aromatic N) is 2. The van der Waals surface area contributed by atoms with Gasteiger partial charge in [-0.15, -0.1) is 12.4 Å². The normalized spacial score (nSPS) is 17.9. The molecule has 1 fully saturated rings. The predicted molar refractivity (Wildman–Crippen MR) is 109 cm³/mol. The van der Waals surface area contributed by atoms with Gasteiger partial charge >= 0.3 is 0 Å². The van der Waals surface area contributed by atoms with Crippen LogP contribution in [0.2, 0.25) is 0 Å². The Hall–Kier alpha value is -1.60. The van der Waals surface area contributed by atoms with E-state index in [2.05, 4.69) is 11.0 Å². The molecule has 0 aromatic heterocycles. The van der Waals surface area contributed by atoms with E-state index in [4.69, 9.17) is 4.74 Å². The molecule has 2 aromatic rings. The summed E-state index contributed by atoms with van der Waals surface area (Å²) in [5.41, 5.74) is 4.33. The van der Waals surface area contributed by atoms with Crippen LogP contribution in [0.1, 0.15) is 23.1 Å². The van der Waals surface area contributed by atoms with Gasteiger partial charge in [0.1, 0.15) is 0 Å². The van der Waals surface area contributed by atoms with Crippen LogP contribution in [0.5, 0.6) is 0 Å². The summed E-state index contributed by atoms with van der Waals surface area (Å²) in [7, 11) is -3.49. The predicted octanol–water partition coefficient (Wildman–Crippen LogP) is 3.35. The summed E-state index contributed by atoms with van der Waals surface area (Å²) in [5, 5.41) is 0. The zero-order chi connectivity index (χ0) is 18.1. The number of rotatable bonds is 3. The Morgan fingerprint density at radius 2 is 1.81 bits per heavy atom. The summed E-state index contributed by atoms with van der Waals surface area (Å²) < 4.78 is 33.3. The molecule has 0 N–H and O–H groups in total. The van der Waals surface area contributed by atoms with Crippen molar-refractivity contribution in [2.45, 2.75) is 31.3 Å². The molecule has 146 valence electrons. The van der Waals surface area contributed by atoms with E-state index in [1.165, 1.54) is 0 Å². The van der Waals surface area contributed by atoms with Gasteiger partial charge in [0, 0.05) is 38.5 Å². The van der Waals surface area contributed by atoms with Crippen molar-refractivity contribution in [3.8, 4) is 0 Å². The zero-order valence-electron chi connectivity index (χ0n) is 15.4. The average Bonchev–Trinajstić information content (AvgIpc) is 2.90. The van der Waals surface area contributed by atoms with Gasteiger partial charge in [0.05, 0.1) is 11.5 Å². The molecule has 0 saturated carbocycles. The number of anilines is 1. The van der Waals surface area contributed by atoms with Crippen molar-refractivity contribution in [1.82, 2.24) is 4.31 Å². The number of hydrogen-bond acceptors (Lipinski definition) is 4. The van der Waals surface area contributed by atoms with E-state index in [0.29, 0.717) is 18.0 Å². The Kier molecular flexibility index (Phi) is 6.11. The van der Waals surface area contributed by atoms with Crippen LogP contribution in [-0.2, 0) is 27.8 Å². The Balaban J connectivity index is 0.00000210. The first kappa shape index (κ1) is 20.1. The smallest absolute Gasteiger partial charge is 0.243 e. The summed E-state index contributed by atoms with van der Waals surface area (Å²) >= 11 is 0. The highest BCUT2D eigenvalue weighted by Crippen LogP contribution is 2.35. The van der Waals surface area contributed by atoms with E-state index in [1.807, 2.05) is 25.1 Å². The third kappa shape index (κ3) is 3.99. The first-order valence-corrected chi connectivity index (χ1v) is 10.5. The molecule has 2 aromatic carbocycles. The highest BCUT2D eigenvalue weighted by Gasteiger charge is 2.32. The molecule has 0 atom stereocenters. The summed E-state index contributed by atoms with van der Waals surface area (Å²) in [6, 6.07) is 13.3. The lowest BCUT2D eigenvalue weighted by Crippen LogP contribution is -2.28. The summed E-state index contributed by atoms with van der Waals surface area (Å²) in [6.45, 7) is 6.08. The molecule has 0 aliphatic carbocycles. The lowest BCUT2D eigenvalue weighted by Gasteiger charge is -2.24. The SMILES string of the molecule is Cc1cccc(S(=O)(=O)N2Cc3cccc(N4CCCOCC4)c3C2)c1.Cl. The molecule has 0 unspecified atom stereocenters. The molecular formula is C20H25ClN2O3S. The van der Waals surface area contributed by atoms with Gasteiger partial charge in [-0.3, -0.25) is 0 Å². The van der Waals surface area contributed by atoms with Crippen LogP contribution in [0, 0.1) is 6.92 Å². The van der Waals surface area contributed by atoms with Gasteiger partial charge in [0.15, 0.2) is 0 Å². The summed E-state index contributed by atoms with van der Waals surface area (Å²) in [5.74, 6) is 0. The first-order valence-electron chi connectivity index (χ1n) is 9.06. The summed E-state index contributed by atoms with van der Waals surface area (Å²) in [4.78, 5) is 2.70. The van der Waals surface area contributed by atoms with Gasteiger partial charge < -0.3 is 9.64 Å². The maximum atomic E-state index is 13.1. The van der Waals surface area contributed by atoms with Gasteiger partial charge in [-0.05, 0) is 48.2 Å². The topological polar surface area (TPSA) is 49.9 Å². The van der Waals surface area contributed by atoms with E-state index in [0.717, 1.165) is 55.1 Å². The molecule has 0 amide bonds. The molecule has 2 aliphatic heterocycles. The Labute approximate surface area is 167 Å². The van der Waals surface area contributed by atoms with Gasteiger partial charge in [-0.25, -0.2) is 8.42 Å². The van der Waals surface area contributed by atoms with Crippen LogP contribution in [0.4, 0.5) is 5.69 Å². The molecule has 2 heterocycles. The highest BCUT2D eigenvalue weighted by atomic mass is 35.5. The number of sulfonamides is 1. The third-order valence-corrected chi connectivity index (χ3v) is 6.91. The van der Waals surface area contributed by atoms with Gasteiger partial charge in [0.25, 0.3) is 0 Å². The lowest BCUT2D eigenvalue weighted by molar-refractivity contribution is 0.152. The zero-order valence-corrected chi connectivity index (χ0v) is 17.1. The van der Waals surface area contributed by atoms with Crippen molar-refractivity contribution >= 4 is 28.1 Å². The van der Waals surface area contributed by atoms with Crippen LogP contribution < -0.4 is 4.90 Å². The number of hydrogen-bond donors (Lipinski definition) is 0. The van der Waals surface area contributed by atoms with Crippen LogP contribution >= 0.6 is 12.4 Å². The van der Waals surface area contributed by atoms with E-state index >= 15 is 0 Å². The van der Waals surface area contributed by atoms with Crippen molar-refractivity contribution in [3.63, 3.8) is 0 Å². The largest absolute Gasteiger partial charge is 0.380 e. The number of ether oxygens (including phenoxy) is 1. The molecule has 0 radical (unpaired) electrons. The van der Waals surface area contributed by atoms with Crippen molar-refractivity contribution in [1.29, 1.82) is 0 Å². The molecule has 5 nitrogen and oxygen atoms in total. The van der Waals surface area contributed by atoms with Crippen LogP contribution in [0.3, 0.4) is 0 Å². The molecule has 7 heteroatoms. The highest BCUT2D eigenvalue weighted by molar-refractivity contribution is 7.89. The number of aryl methyl sites for hydroxylation is 1. The van der Waals surface area contributed by atoms with Crippen LogP contribution in [-0.4, -0.2) is 39.0 Å². The molecule has 2 aliphatic rings. The first-order chi connectivity index (χ1) is 12.6. The van der Waals surface area contributed by atoms with Crippen molar-refractivity contribution < 1.29 is 13.2 Å². The second-order valence-corrected chi connectivity index (χ2v) is 8.90. The third-order valence-electron chi connectivity index (χ3n) is 5.12. The van der Waals surface area contributed by atoms with Crippen molar-refractivity contribution in [2.24, 2.45) is 0 Å². The fraction of sp³-hybridized carbons (Fsp3) is 0.400. The molecule has 4 rings (SSSR count). The monoisotopic (exact) mass is 408 g/mol. The minimum absolute atomic E-state index is 0. The average molecular weight is 409 g/mol. The van der Waals surface area contributed by atoms with Gasteiger partial charge in [0.2, 0.25) is 10.0 Å². The fourth-order valence-corrected chi connectivity index (χ4v) is 5.24. The minimum atomic E-state index is -3.49. The molecular weight excluding hydrogens is 384 g/mol. The van der Waals surface area contributed by atoms with E-state index in [9.17, 15) is 8.42 Å². The minimum Gasteiger partial charge on any atom is -0.380 e. The van der Waals surface area contributed by atoms with Crippen molar-refractivity contribution in [2.75, 3.05) is 31.2 Å².